The first-order valence-corrected chi connectivity index (χ1v) is 6.27. The van der Waals surface area contributed by atoms with Crippen LogP contribution in [0, 0.1) is 0 Å². The highest BCUT2D eigenvalue weighted by atomic mass is 16.6. The van der Waals surface area contributed by atoms with Crippen molar-refractivity contribution < 1.29 is 23.8 Å². The second kappa shape index (κ2) is 8.08. The van der Waals surface area contributed by atoms with Gasteiger partial charge in [-0.1, -0.05) is 0 Å². The molecular formula is C13H24O5. The van der Waals surface area contributed by atoms with Crippen LogP contribution in [0.2, 0.25) is 0 Å². The highest BCUT2D eigenvalue weighted by Crippen LogP contribution is 2.09. The van der Waals surface area contributed by atoms with Gasteiger partial charge in [-0.25, -0.2) is 4.79 Å². The van der Waals surface area contributed by atoms with Crippen molar-refractivity contribution in [1.82, 2.24) is 0 Å². The van der Waals surface area contributed by atoms with Crippen LogP contribution in [0.5, 0.6) is 0 Å². The molecule has 0 aliphatic heterocycles. The van der Waals surface area contributed by atoms with E-state index in [1.165, 1.54) is 0 Å². The summed E-state index contributed by atoms with van der Waals surface area (Å²) in [5, 5.41) is 0. The van der Waals surface area contributed by atoms with Crippen molar-refractivity contribution in [2.24, 2.45) is 0 Å². The number of hydrogen-bond acceptors (Lipinski definition) is 5. The van der Waals surface area contributed by atoms with Crippen molar-refractivity contribution in [3.05, 3.63) is 0 Å². The molecule has 0 aliphatic rings. The molecule has 0 saturated carbocycles. The number of hydrogen-bond donors (Lipinski definition) is 0. The molecule has 0 saturated heterocycles. The Morgan fingerprint density at radius 3 is 1.72 bits per heavy atom. The van der Waals surface area contributed by atoms with Gasteiger partial charge in [-0.3, -0.25) is 4.79 Å². The molecule has 1 atom stereocenters. The Kier molecular flexibility index (Phi) is 7.59. The Bertz CT molecular complexity index is 271. The third-order valence-electron chi connectivity index (χ3n) is 1.77. The fourth-order valence-electron chi connectivity index (χ4n) is 1.29. The predicted octanol–water partition coefficient (Wildman–Crippen LogP) is 2.07. The van der Waals surface area contributed by atoms with Crippen molar-refractivity contribution in [3.63, 3.8) is 0 Å². The first-order chi connectivity index (χ1) is 8.22. The summed E-state index contributed by atoms with van der Waals surface area (Å²) in [4.78, 5) is 23.3. The summed E-state index contributed by atoms with van der Waals surface area (Å²) < 4.78 is 15.4. The number of carbonyl (C=O) groups is 2. The average Bonchev–Trinajstić information content (AvgIpc) is 2.13. The van der Waals surface area contributed by atoms with Gasteiger partial charge in [0.25, 0.3) is 0 Å². The molecule has 106 valence electrons. The van der Waals surface area contributed by atoms with E-state index in [4.69, 9.17) is 14.2 Å². The van der Waals surface area contributed by atoms with Crippen LogP contribution in [0.15, 0.2) is 0 Å². The van der Waals surface area contributed by atoms with Crippen molar-refractivity contribution in [1.29, 1.82) is 0 Å². The zero-order chi connectivity index (χ0) is 14.3. The minimum absolute atomic E-state index is 0.123. The van der Waals surface area contributed by atoms with Gasteiger partial charge in [0.1, 0.15) is 0 Å². The maximum Gasteiger partial charge on any atom is 0.336 e. The third-order valence-corrected chi connectivity index (χ3v) is 1.77. The highest BCUT2D eigenvalue weighted by molar-refractivity contribution is 5.82. The molecule has 0 bridgehead atoms. The summed E-state index contributed by atoms with van der Waals surface area (Å²) in [7, 11) is 0. The summed E-state index contributed by atoms with van der Waals surface area (Å²) in [6, 6.07) is 0. The van der Waals surface area contributed by atoms with Crippen LogP contribution in [0.4, 0.5) is 0 Å². The largest absolute Gasteiger partial charge is 0.463 e. The van der Waals surface area contributed by atoms with Crippen LogP contribution in [0.3, 0.4) is 0 Å². The van der Waals surface area contributed by atoms with Gasteiger partial charge in [0.05, 0.1) is 24.7 Å². The summed E-state index contributed by atoms with van der Waals surface area (Å²) in [6.07, 6.45) is -1.64. The Morgan fingerprint density at radius 1 is 0.833 bits per heavy atom. The number of carbonyl (C=O) groups excluding carboxylic acids is 2. The first-order valence-electron chi connectivity index (χ1n) is 6.27. The fourth-order valence-corrected chi connectivity index (χ4v) is 1.29. The fraction of sp³-hybridized carbons (Fsp3) is 0.846. The molecule has 0 amide bonds. The van der Waals surface area contributed by atoms with Gasteiger partial charge in [-0.2, -0.15) is 0 Å². The van der Waals surface area contributed by atoms with Gasteiger partial charge in [0, 0.05) is 0 Å². The van der Waals surface area contributed by atoms with E-state index in [1.54, 1.807) is 41.5 Å². The van der Waals surface area contributed by atoms with E-state index in [1.807, 2.05) is 0 Å². The van der Waals surface area contributed by atoms with E-state index in [2.05, 4.69) is 0 Å². The maximum absolute atomic E-state index is 11.8. The van der Waals surface area contributed by atoms with E-state index >= 15 is 0 Å². The molecule has 0 spiro atoms. The number of ether oxygens (including phenoxy) is 3. The summed E-state index contributed by atoms with van der Waals surface area (Å²) >= 11 is 0. The lowest BCUT2D eigenvalue weighted by atomic mass is 10.2. The molecule has 0 aliphatic carbocycles. The maximum atomic E-state index is 11.8. The van der Waals surface area contributed by atoms with Crippen LogP contribution in [-0.4, -0.2) is 36.4 Å². The van der Waals surface area contributed by atoms with Crippen LogP contribution >= 0.6 is 0 Å². The number of rotatable bonds is 7. The molecule has 5 nitrogen and oxygen atoms in total. The van der Waals surface area contributed by atoms with Crippen LogP contribution in [-0.2, 0) is 23.8 Å². The lowest BCUT2D eigenvalue weighted by molar-refractivity contribution is -0.170. The monoisotopic (exact) mass is 260 g/mol. The lowest BCUT2D eigenvalue weighted by Gasteiger charge is -2.20. The van der Waals surface area contributed by atoms with E-state index in [0.717, 1.165) is 0 Å². The summed E-state index contributed by atoms with van der Waals surface area (Å²) in [5.41, 5.74) is 0. The quantitative estimate of drug-likeness (QED) is 0.656. The Hall–Kier alpha value is -1.10. The molecule has 0 unspecified atom stereocenters. The van der Waals surface area contributed by atoms with E-state index < -0.39 is 18.0 Å². The molecule has 5 heteroatoms. The predicted molar refractivity (Wildman–Crippen MR) is 67.1 cm³/mol. The van der Waals surface area contributed by atoms with E-state index in [9.17, 15) is 9.59 Å². The van der Waals surface area contributed by atoms with Crippen molar-refractivity contribution in [3.8, 4) is 0 Å². The van der Waals surface area contributed by atoms with E-state index in [-0.39, 0.29) is 24.7 Å². The molecule has 0 aromatic carbocycles. The summed E-state index contributed by atoms with van der Waals surface area (Å²) in [5.74, 6) is -0.990. The molecule has 0 radical (unpaired) electrons. The van der Waals surface area contributed by atoms with Gasteiger partial charge in [0.15, 0.2) is 6.10 Å². The average molecular weight is 260 g/mol. The van der Waals surface area contributed by atoms with Crippen molar-refractivity contribution >= 4 is 11.9 Å². The lowest BCUT2D eigenvalue weighted by Crippen LogP contribution is -2.34. The standard InChI is InChI=1S/C13H24O5/c1-8(2)16-11(13(15)18-10(5)6)7-12(14)17-9(3)4/h8-11H,7H2,1-6H3/t11-/m0/s1. The van der Waals surface area contributed by atoms with Crippen LogP contribution in [0.25, 0.3) is 0 Å². The second-order valence-corrected chi connectivity index (χ2v) is 4.90. The van der Waals surface area contributed by atoms with Gasteiger partial charge >= 0.3 is 11.9 Å². The molecule has 0 N–H and O–H groups in total. The van der Waals surface area contributed by atoms with Crippen molar-refractivity contribution in [2.75, 3.05) is 0 Å². The molecule has 0 aromatic heterocycles. The van der Waals surface area contributed by atoms with Crippen molar-refractivity contribution in [2.45, 2.75) is 72.4 Å². The molecule has 0 rings (SSSR count). The Balaban J connectivity index is 4.48. The van der Waals surface area contributed by atoms with Gasteiger partial charge < -0.3 is 14.2 Å². The van der Waals surface area contributed by atoms with Crippen LogP contribution in [0.1, 0.15) is 48.0 Å². The van der Waals surface area contributed by atoms with Gasteiger partial charge in [-0.15, -0.1) is 0 Å². The minimum Gasteiger partial charge on any atom is -0.463 e. The normalized spacial score (nSPS) is 12.9. The van der Waals surface area contributed by atoms with Gasteiger partial charge in [-0.05, 0) is 41.5 Å². The highest BCUT2D eigenvalue weighted by Gasteiger charge is 2.27. The number of esters is 2. The Morgan fingerprint density at radius 2 is 1.33 bits per heavy atom. The third kappa shape index (κ3) is 8.06. The Labute approximate surface area is 109 Å². The van der Waals surface area contributed by atoms with E-state index in [0.29, 0.717) is 0 Å². The molecule has 0 heterocycles. The molecule has 0 fully saturated rings. The smallest absolute Gasteiger partial charge is 0.336 e. The zero-order valence-electron chi connectivity index (χ0n) is 12.1. The zero-order valence-corrected chi connectivity index (χ0v) is 12.1. The SMILES string of the molecule is CC(C)OC(=O)C[C@H](OC(C)C)C(=O)OC(C)C. The first kappa shape index (κ1) is 16.9. The van der Waals surface area contributed by atoms with Gasteiger partial charge in [0.2, 0.25) is 0 Å². The second-order valence-electron chi connectivity index (χ2n) is 4.90. The summed E-state index contributed by atoms with van der Waals surface area (Å²) in [6.45, 7) is 10.6. The van der Waals surface area contributed by atoms with Crippen LogP contribution < -0.4 is 0 Å². The topological polar surface area (TPSA) is 61.8 Å². The minimum atomic E-state index is -0.904. The molecular weight excluding hydrogens is 236 g/mol. The molecule has 0 aromatic rings. The molecule has 18 heavy (non-hydrogen) atoms.